The summed E-state index contributed by atoms with van der Waals surface area (Å²) >= 11 is 6.17. The minimum atomic E-state index is -0.888. The molecule has 0 bridgehead atoms. The molecule has 2 aromatic rings. The molecule has 1 aliphatic heterocycles. The van der Waals surface area contributed by atoms with E-state index in [0.29, 0.717) is 22.9 Å². The largest absolute Gasteiger partial charge is 0.492 e. The maximum atomic E-state index is 13.0. The molecule has 0 spiro atoms. The van der Waals surface area contributed by atoms with Crippen molar-refractivity contribution >= 4 is 47.2 Å². The van der Waals surface area contributed by atoms with Crippen LogP contribution in [0.15, 0.2) is 48.0 Å². The highest BCUT2D eigenvalue weighted by molar-refractivity contribution is 6.39. The molecule has 0 unspecified atom stereocenters. The lowest BCUT2D eigenvalue weighted by Gasteiger charge is -2.26. The number of rotatable bonds is 6. The molecule has 9 heteroatoms. The number of carbonyl (C=O) groups excluding carboxylic acids is 4. The lowest BCUT2D eigenvalue weighted by Crippen LogP contribution is -2.54. The van der Waals surface area contributed by atoms with Gasteiger partial charge in [-0.3, -0.25) is 14.9 Å². The number of ether oxygens (including phenoxy) is 2. The van der Waals surface area contributed by atoms with E-state index in [2.05, 4.69) is 5.32 Å². The van der Waals surface area contributed by atoms with E-state index in [4.69, 9.17) is 21.1 Å². The summed E-state index contributed by atoms with van der Waals surface area (Å²) in [5.74, 6) is -1.67. The lowest BCUT2D eigenvalue weighted by atomic mass is 10.1. The molecular formula is C22H19ClN2O6. The average molecular weight is 443 g/mol. The summed E-state index contributed by atoms with van der Waals surface area (Å²) < 4.78 is 10.3. The molecule has 0 radical (unpaired) electrons. The smallest absolute Gasteiger partial charge is 0.338 e. The van der Waals surface area contributed by atoms with Crippen LogP contribution in [0.5, 0.6) is 5.75 Å². The molecule has 4 amide bonds. The van der Waals surface area contributed by atoms with Crippen LogP contribution in [0.4, 0.5) is 10.5 Å². The molecule has 1 fully saturated rings. The Morgan fingerprint density at radius 3 is 2.39 bits per heavy atom. The first kappa shape index (κ1) is 22.0. The first-order valence-corrected chi connectivity index (χ1v) is 9.84. The van der Waals surface area contributed by atoms with Crippen LogP contribution in [0.1, 0.15) is 29.8 Å². The topological polar surface area (TPSA) is 102 Å². The number of carbonyl (C=O) groups is 4. The molecule has 1 heterocycles. The highest BCUT2D eigenvalue weighted by Crippen LogP contribution is 2.28. The number of urea groups is 1. The van der Waals surface area contributed by atoms with Crippen molar-refractivity contribution in [2.45, 2.75) is 13.8 Å². The second-order valence-corrected chi connectivity index (χ2v) is 6.76. The van der Waals surface area contributed by atoms with Crippen LogP contribution >= 0.6 is 11.6 Å². The fourth-order valence-corrected chi connectivity index (χ4v) is 3.14. The molecule has 1 aliphatic rings. The van der Waals surface area contributed by atoms with Gasteiger partial charge in [-0.1, -0.05) is 17.7 Å². The molecule has 0 atom stereocenters. The van der Waals surface area contributed by atoms with Gasteiger partial charge < -0.3 is 9.47 Å². The lowest BCUT2D eigenvalue weighted by molar-refractivity contribution is -0.122. The van der Waals surface area contributed by atoms with Crippen molar-refractivity contribution in [1.82, 2.24) is 5.32 Å². The molecule has 1 saturated heterocycles. The molecule has 0 saturated carbocycles. The number of hydrogen-bond acceptors (Lipinski definition) is 6. The number of barbiturate groups is 1. The molecule has 3 rings (SSSR count). The summed E-state index contributed by atoms with van der Waals surface area (Å²) in [4.78, 5) is 50.2. The van der Waals surface area contributed by atoms with Gasteiger partial charge in [0, 0.05) is 0 Å². The first-order chi connectivity index (χ1) is 14.8. The fourth-order valence-electron chi connectivity index (χ4n) is 2.90. The summed E-state index contributed by atoms with van der Waals surface area (Å²) in [6, 6.07) is 9.63. The highest BCUT2D eigenvalue weighted by atomic mass is 35.5. The van der Waals surface area contributed by atoms with Crippen LogP contribution in [0.2, 0.25) is 5.02 Å². The molecule has 160 valence electrons. The Balaban J connectivity index is 1.91. The second kappa shape index (κ2) is 9.44. The SMILES string of the molecule is CCOC(=O)c1ccc(N2C(=O)NC(=O)/C(=C\c3ccc(OCC)c(Cl)c3)C2=O)cc1. The van der Waals surface area contributed by atoms with E-state index in [-0.39, 0.29) is 23.4 Å². The van der Waals surface area contributed by atoms with Crippen LogP contribution in [0.25, 0.3) is 6.08 Å². The van der Waals surface area contributed by atoms with Gasteiger partial charge in [-0.15, -0.1) is 0 Å². The normalized spacial score (nSPS) is 15.1. The van der Waals surface area contributed by atoms with Crippen molar-refractivity contribution in [3.05, 3.63) is 64.2 Å². The number of nitrogens with one attached hydrogen (secondary N) is 1. The van der Waals surface area contributed by atoms with Crippen molar-refractivity contribution in [3.8, 4) is 5.75 Å². The zero-order valence-corrected chi connectivity index (χ0v) is 17.6. The van der Waals surface area contributed by atoms with Crippen LogP contribution in [-0.2, 0) is 14.3 Å². The van der Waals surface area contributed by atoms with E-state index in [9.17, 15) is 19.2 Å². The Hall–Kier alpha value is -3.65. The summed E-state index contributed by atoms with van der Waals surface area (Å²) in [7, 11) is 0. The van der Waals surface area contributed by atoms with Crippen LogP contribution in [0.3, 0.4) is 0 Å². The number of benzene rings is 2. The molecule has 1 N–H and O–H groups in total. The van der Waals surface area contributed by atoms with E-state index in [1.54, 1.807) is 25.1 Å². The van der Waals surface area contributed by atoms with Gasteiger partial charge in [0.1, 0.15) is 11.3 Å². The van der Waals surface area contributed by atoms with Crippen molar-refractivity contribution in [2.75, 3.05) is 18.1 Å². The van der Waals surface area contributed by atoms with Gasteiger partial charge in [0.2, 0.25) is 0 Å². The van der Waals surface area contributed by atoms with E-state index < -0.39 is 23.8 Å². The number of hydrogen-bond donors (Lipinski definition) is 1. The molecule has 0 aliphatic carbocycles. The highest BCUT2D eigenvalue weighted by Gasteiger charge is 2.36. The Morgan fingerprint density at radius 2 is 1.77 bits per heavy atom. The molecule has 2 aromatic carbocycles. The average Bonchev–Trinajstić information content (AvgIpc) is 2.73. The van der Waals surface area contributed by atoms with Crippen LogP contribution in [-0.4, -0.2) is 37.0 Å². The van der Waals surface area contributed by atoms with Crippen molar-refractivity contribution in [3.63, 3.8) is 0 Å². The molecule has 0 aromatic heterocycles. The zero-order valence-electron chi connectivity index (χ0n) is 16.8. The minimum absolute atomic E-state index is 0.193. The number of amides is 4. The maximum absolute atomic E-state index is 13.0. The van der Waals surface area contributed by atoms with Crippen LogP contribution < -0.4 is 15.0 Å². The Morgan fingerprint density at radius 1 is 1.06 bits per heavy atom. The van der Waals surface area contributed by atoms with Gasteiger partial charge in [0.05, 0.1) is 29.5 Å². The number of imide groups is 2. The number of nitrogens with zero attached hydrogens (tertiary/aromatic N) is 1. The predicted molar refractivity (Wildman–Crippen MR) is 114 cm³/mol. The van der Waals surface area contributed by atoms with Gasteiger partial charge in [-0.2, -0.15) is 0 Å². The fraction of sp³-hybridized carbons (Fsp3) is 0.182. The van der Waals surface area contributed by atoms with E-state index in [1.165, 1.54) is 30.3 Å². The Kier molecular flexibility index (Phi) is 6.71. The van der Waals surface area contributed by atoms with Gasteiger partial charge in [-0.05, 0) is 61.9 Å². The zero-order chi connectivity index (χ0) is 22.5. The van der Waals surface area contributed by atoms with Gasteiger partial charge in [-0.25, -0.2) is 14.5 Å². The third kappa shape index (κ3) is 4.75. The minimum Gasteiger partial charge on any atom is -0.492 e. The van der Waals surface area contributed by atoms with E-state index in [1.807, 2.05) is 6.92 Å². The van der Waals surface area contributed by atoms with Crippen molar-refractivity contribution in [1.29, 1.82) is 0 Å². The second-order valence-electron chi connectivity index (χ2n) is 6.35. The maximum Gasteiger partial charge on any atom is 0.338 e. The van der Waals surface area contributed by atoms with Gasteiger partial charge >= 0.3 is 12.0 Å². The first-order valence-electron chi connectivity index (χ1n) is 9.46. The summed E-state index contributed by atoms with van der Waals surface area (Å²) in [6.45, 7) is 4.17. The predicted octanol–water partition coefficient (Wildman–Crippen LogP) is 3.58. The van der Waals surface area contributed by atoms with E-state index >= 15 is 0 Å². The van der Waals surface area contributed by atoms with Crippen molar-refractivity contribution in [2.24, 2.45) is 0 Å². The summed E-state index contributed by atoms with van der Waals surface area (Å²) in [5.41, 5.74) is 0.707. The monoisotopic (exact) mass is 442 g/mol. The van der Waals surface area contributed by atoms with Gasteiger partial charge in [0.25, 0.3) is 11.8 Å². The quantitative estimate of drug-likeness (QED) is 0.416. The molecular weight excluding hydrogens is 424 g/mol. The Labute approximate surface area is 183 Å². The molecule has 8 nitrogen and oxygen atoms in total. The third-order valence-electron chi connectivity index (χ3n) is 4.31. The summed E-state index contributed by atoms with van der Waals surface area (Å²) in [6.07, 6.45) is 1.34. The number of anilines is 1. The Bertz CT molecular complexity index is 1080. The van der Waals surface area contributed by atoms with Crippen molar-refractivity contribution < 1.29 is 28.7 Å². The standard InChI is InChI=1S/C22H19ClN2O6/c1-3-30-18-10-5-13(12-17(18)23)11-16-19(26)24-22(29)25(20(16)27)15-8-6-14(7-9-15)21(28)31-4-2/h5-12H,3-4H2,1-2H3,(H,24,26,29)/b16-11+. The van der Waals surface area contributed by atoms with Crippen LogP contribution in [0, 0.1) is 0 Å². The third-order valence-corrected chi connectivity index (χ3v) is 4.60. The molecule has 31 heavy (non-hydrogen) atoms. The summed E-state index contributed by atoms with van der Waals surface area (Å²) in [5, 5.41) is 2.46. The van der Waals surface area contributed by atoms with E-state index in [0.717, 1.165) is 4.90 Å². The number of halogens is 1. The number of esters is 1. The van der Waals surface area contributed by atoms with Gasteiger partial charge in [0.15, 0.2) is 0 Å².